The van der Waals surface area contributed by atoms with Gasteiger partial charge in [-0.25, -0.2) is 0 Å². The summed E-state index contributed by atoms with van der Waals surface area (Å²) in [6, 6.07) is 20.1. The third-order valence-electron chi connectivity index (χ3n) is 7.57. The standard InChI is InChI=1S/C27H30O8/c1-15-20-18(13-29-25(34-20)17-10-6-3-7-11-17)32-27(21(15)28-12-16-8-4-2-5-9-16)35-22-19-14-30-26(31-19)24-23(22)33-24/h2-11,15,18-27H,12-14H2,1H3/t15-,18?,19?,20-,21?,22+,23-,24?,25?,26+,27-/m0/s1. The van der Waals surface area contributed by atoms with Crippen LogP contribution in [0.1, 0.15) is 24.3 Å². The first-order valence-electron chi connectivity index (χ1n) is 12.5. The van der Waals surface area contributed by atoms with Crippen LogP contribution in [0, 0.1) is 5.92 Å². The van der Waals surface area contributed by atoms with Gasteiger partial charge >= 0.3 is 0 Å². The van der Waals surface area contributed by atoms with E-state index in [0.717, 1.165) is 11.1 Å². The number of benzene rings is 2. The van der Waals surface area contributed by atoms with Crippen LogP contribution < -0.4 is 0 Å². The molecule has 5 aliphatic heterocycles. The van der Waals surface area contributed by atoms with Crippen LogP contribution in [0.2, 0.25) is 0 Å². The molecule has 0 aliphatic carbocycles. The molecule has 11 atom stereocenters. The van der Waals surface area contributed by atoms with Crippen molar-refractivity contribution in [2.45, 2.75) is 75.1 Å². The molecule has 5 saturated heterocycles. The lowest BCUT2D eigenvalue weighted by molar-refractivity contribution is -0.366. The van der Waals surface area contributed by atoms with E-state index in [1.165, 1.54) is 0 Å². The molecule has 186 valence electrons. The van der Waals surface area contributed by atoms with Gasteiger partial charge in [0.25, 0.3) is 0 Å². The second kappa shape index (κ2) is 9.21. The maximum absolute atomic E-state index is 6.56. The molecule has 35 heavy (non-hydrogen) atoms. The van der Waals surface area contributed by atoms with Crippen molar-refractivity contribution in [2.75, 3.05) is 13.2 Å². The summed E-state index contributed by atoms with van der Waals surface area (Å²) in [4.78, 5) is 0. The average Bonchev–Trinajstić information content (AvgIpc) is 3.59. The summed E-state index contributed by atoms with van der Waals surface area (Å²) < 4.78 is 49.4. The Morgan fingerprint density at radius 1 is 0.743 bits per heavy atom. The molecule has 2 aromatic carbocycles. The molecule has 0 saturated carbocycles. The van der Waals surface area contributed by atoms with Crippen LogP contribution in [0.25, 0.3) is 0 Å². The second-order valence-electron chi connectivity index (χ2n) is 9.88. The molecule has 7 rings (SSSR count). The number of epoxide rings is 1. The van der Waals surface area contributed by atoms with Gasteiger partial charge < -0.3 is 37.9 Å². The first-order valence-corrected chi connectivity index (χ1v) is 12.5. The van der Waals surface area contributed by atoms with Crippen LogP contribution in [-0.4, -0.2) is 68.5 Å². The predicted octanol–water partition coefficient (Wildman–Crippen LogP) is 2.95. The highest BCUT2D eigenvalue weighted by molar-refractivity contribution is 5.17. The number of fused-ring (bicyclic) bond motifs is 5. The molecule has 5 heterocycles. The fourth-order valence-electron chi connectivity index (χ4n) is 5.64. The first kappa shape index (κ1) is 22.3. The van der Waals surface area contributed by atoms with Crippen LogP contribution in [-0.2, 0) is 44.5 Å². The van der Waals surface area contributed by atoms with Crippen molar-refractivity contribution >= 4 is 0 Å². The Morgan fingerprint density at radius 2 is 1.51 bits per heavy atom. The van der Waals surface area contributed by atoms with Gasteiger partial charge in [0.1, 0.15) is 36.6 Å². The highest BCUT2D eigenvalue weighted by atomic mass is 16.8. The molecule has 0 aromatic heterocycles. The van der Waals surface area contributed by atoms with Crippen molar-refractivity contribution < 1.29 is 37.9 Å². The SMILES string of the molecule is C[C@@H]1C(OCc2ccccc2)[C@H](O[C@@H]2C3CO[C@H](O3)C3O[C@H]32)OC2COC(c3ccccc3)O[C@H]21. The lowest BCUT2D eigenvalue weighted by atomic mass is 9.89. The molecule has 2 aromatic rings. The van der Waals surface area contributed by atoms with Crippen molar-refractivity contribution in [3.8, 4) is 0 Å². The normalized spacial score (nSPS) is 43.9. The summed E-state index contributed by atoms with van der Waals surface area (Å²) in [5.41, 5.74) is 2.08. The van der Waals surface area contributed by atoms with Gasteiger partial charge in [-0.1, -0.05) is 67.6 Å². The zero-order valence-electron chi connectivity index (χ0n) is 19.5. The molecule has 8 heteroatoms. The second-order valence-corrected chi connectivity index (χ2v) is 9.88. The zero-order chi connectivity index (χ0) is 23.4. The van der Waals surface area contributed by atoms with Crippen molar-refractivity contribution in [3.05, 3.63) is 71.8 Å². The number of ether oxygens (including phenoxy) is 8. The van der Waals surface area contributed by atoms with Gasteiger partial charge in [0.15, 0.2) is 18.9 Å². The van der Waals surface area contributed by atoms with Gasteiger partial charge in [-0.15, -0.1) is 0 Å². The summed E-state index contributed by atoms with van der Waals surface area (Å²) in [6.45, 7) is 3.51. The smallest absolute Gasteiger partial charge is 0.187 e. The van der Waals surface area contributed by atoms with Crippen molar-refractivity contribution in [1.82, 2.24) is 0 Å². The number of rotatable bonds is 6. The fraction of sp³-hybridized carbons (Fsp3) is 0.556. The van der Waals surface area contributed by atoms with Gasteiger partial charge in [-0.05, 0) is 5.56 Å². The minimum absolute atomic E-state index is 0.00517. The van der Waals surface area contributed by atoms with E-state index in [4.69, 9.17) is 37.9 Å². The Labute approximate surface area is 204 Å². The van der Waals surface area contributed by atoms with Gasteiger partial charge in [-0.2, -0.15) is 0 Å². The number of hydrogen-bond acceptors (Lipinski definition) is 8. The lowest BCUT2D eigenvalue weighted by Gasteiger charge is -2.49. The van der Waals surface area contributed by atoms with E-state index < -0.39 is 12.6 Å². The van der Waals surface area contributed by atoms with E-state index in [-0.39, 0.29) is 54.9 Å². The highest BCUT2D eigenvalue weighted by Gasteiger charge is 2.63. The highest BCUT2D eigenvalue weighted by Crippen LogP contribution is 2.45. The first-order chi connectivity index (χ1) is 17.2. The molecule has 0 radical (unpaired) electrons. The summed E-state index contributed by atoms with van der Waals surface area (Å²) in [5.74, 6) is 0.00517. The van der Waals surface area contributed by atoms with E-state index in [1.807, 2.05) is 48.5 Å². The molecule has 0 amide bonds. The Balaban J connectivity index is 1.11. The van der Waals surface area contributed by atoms with E-state index >= 15 is 0 Å². The quantitative estimate of drug-likeness (QED) is 0.582. The molecule has 2 bridgehead atoms. The van der Waals surface area contributed by atoms with Gasteiger partial charge in [0.05, 0.1) is 25.9 Å². The largest absolute Gasteiger partial charge is 0.368 e. The molecule has 8 nitrogen and oxygen atoms in total. The third kappa shape index (κ3) is 4.22. The van der Waals surface area contributed by atoms with Gasteiger partial charge in [0, 0.05) is 11.5 Å². The van der Waals surface area contributed by atoms with E-state index in [1.54, 1.807) is 0 Å². The summed E-state index contributed by atoms with van der Waals surface area (Å²) in [6.07, 6.45) is -2.65. The minimum Gasteiger partial charge on any atom is -0.368 e. The van der Waals surface area contributed by atoms with E-state index in [2.05, 4.69) is 19.1 Å². The van der Waals surface area contributed by atoms with Crippen molar-refractivity contribution in [2.24, 2.45) is 5.92 Å². The van der Waals surface area contributed by atoms with Crippen molar-refractivity contribution in [3.63, 3.8) is 0 Å². The molecular formula is C27H30O8. The fourth-order valence-corrected chi connectivity index (χ4v) is 5.64. The Bertz CT molecular complexity index is 1000. The van der Waals surface area contributed by atoms with Gasteiger partial charge in [0.2, 0.25) is 0 Å². The number of hydrogen-bond donors (Lipinski definition) is 0. The summed E-state index contributed by atoms with van der Waals surface area (Å²) >= 11 is 0. The summed E-state index contributed by atoms with van der Waals surface area (Å²) in [5, 5.41) is 0. The molecule has 0 N–H and O–H groups in total. The Hall–Kier alpha value is -1.88. The predicted molar refractivity (Wildman–Crippen MR) is 121 cm³/mol. The topological polar surface area (TPSA) is 77.1 Å². The maximum Gasteiger partial charge on any atom is 0.187 e. The zero-order valence-corrected chi connectivity index (χ0v) is 19.5. The average molecular weight is 483 g/mol. The molecular weight excluding hydrogens is 452 g/mol. The van der Waals surface area contributed by atoms with Crippen LogP contribution in [0.3, 0.4) is 0 Å². The Kier molecular flexibility index (Phi) is 5.87. The van der Waals surface area contributed by atoms with Crippen LogP contribution in [0.15, 0.2) is 60.7 Å². The van der Waals surface area contributed by atoms with E-state index in [9.17, 15) is 0 Å². The van der Waals surface area contributed by atoms with Crippen LogP contribution in [0.5, 0.6) is 0 Å². The van der Waals surface area contributed by atoms with Crippen LogP contribution >= 0.6 is 0 Å². The minimum atomic E-state index is -0.606. The summed E-state index contributed by atoms with van der Waals surface area (Å²) in [7, 11) is 0. The van der Waals surface area contributed by atoms with E-state index in [0.29, 0.717) is 19.8 Å². The third-order valence-corrected chi connectivity index (χ3v) is 7.57. The maximum atomic E-state index is 6.56. The van der Waals surface area contributed by atoms with Gasteiger partial charge in [-0.3, -0.25) is 0 Å². The molecule has 5 aliphatic rings. The molecule has 0 spiro atoms. The monoisotopic (exact) mass is 482 g/mol. The van der Waals surface area contributed by atoms with Crippen molar-refractivity contribution in [1.29, 1.82) is 0 Å². The van der Waals surface area contributed by atoms with Crippen LogP contribution in [0.4, 0.5) is 0 Å². The molecule has 5 fully saturated rings. The Morgan fingerprint density at radius 3 is 2.34 bits per heavy atom. The molecule has 5 unspecified atom stereocenters. The lowest BCUT2D eigenvalue weighted by Crippen LogP contribution is -2.60.